The number of esters is 1. The molecule has 0 amide bonds. The number of allylic oxidation sites excluding steroid dienone is 4. The zero-order chi connectivity index (χ0) is 26.7. The lowest BCUT2D eigenvalue weighted by molar-refractivity contribution is -0.665. The van der Waals surface area contributed by atoms with Gasteiger partial charge in [-0.1, -0.05) is 53.8 Å². The van der Waals surface area contributed by atoms with Crippen LogP contribution >= 0.6 is 23.1 Å². The summed E-state index contributed by atoms with van der Waals surface area (Å²) < 4.78 is 40.1. The molecule has 10 heteroatoms. The van der Waals surface area contributed by atoms with Crippen LogP contribution in [0, 0.1) is 0 Å². The molecule has 2 aliphatic rings. The van der Waals surface area contributed by atoms with E-state index in [2.05, 4.69) is 60.6 Å². The maximum Gasteiger partial charge on any atom is 0.338 e. The van der Waals surface area contributed by atoms with Crippen LogP contribution in [0.15, 0.2) is 58.7 Å². The first-order valence-electron chi connectivity index (χ1n) is 12.4. The minimum absolute atomic E-state index is 0.155. The monoisotopic (exact) mass is 561 g/mol. The summed E-state index contributed by atoms with van der Waals surface area (Å²) in [6, 6.07) is 5.81. The fraction of sp³-hybridized carbons (Fsp3) is 0.407. The Balaban J connectivity index is 1.69. The molecular formula is C27H33N2O5S3+. The third kappa shape index (κ3) is 6.37. The predicted octanol–water partition coefficient (Wildman–Crippen LogP) is 5.21. The Hall–Kier alpha value is -2.40. The number of methoxy groups -OCH3 is 1. The molecule has 2 unspecified atom stereocenters. The number of nitrogens with zero attached hydrogens (tertiary/aromatic N) is 2. The molecule has 7 nitrogen and oxygen atoms in total. The summed E-state index contributed by atoms with van der Waals surface area (Å²) in [5.74, 6) is -0.598. The first kappa shape index (κ1) is 27.6. The molecule has 1 fully saturated rings. The van der Waals surface area contributed by atoms with E-state index in [9.17, 15) is 17.8 Å². The van der Waals surface area contributed by atoms with E-state index in [0.717, 1.165) is 38.8 Å². The largest absolute Gasteiger partial charge is 0.465 e. The number of carbonyl (C=O) groups excluding carboxylic acids is 1. The Morgan fingerprint density at radius 3 is 2.76 bits per heavy atom. The number of rotatable bonds is 9. The number of aromatic nitrogens is 1. The van der Waals surface area contributed by atoms with Crippen molar-refractivity contribution in [2.45, 2.75) is 51.4 Å². The quantitative estimate of drug-likeness (QED) is 0.255. The molecule has 2 aromatic rings. The van der Waals surface area contributed by atoms with Crippen molar-refractivity contribution >= 4 is 55.5 Å². The van der Waals surface area contributed by atoms with Crippen LogP contribution in [0.25, 0.3) is 16.3 Å². The van der Waals surface area contributed by atoms with Crippen molar-refractivity contribution in [3.8, 4) is 0 Å². The number of benzene rings is 1. The second kappa shape index (κ2) is 11.6. The van der Waals surface area contributed by atoms with Crippen LogP contribution in [-0.2, 0) is 21.4 Å². The number of carbonyl (C=O) groups is 1. The summed E-state index contributed by atoms with van der Waals surface area (Å²) in [5.41, 5.74) is 3.89. The second-order valence-electron chi connectivity index (χ2n) is 9.09. The van der Waals surface area contributed by atoms with Gasteiger partial charge < -0.3 is 9.64 Å². The van der Waals surface area contributed by atoms with Crippen LogP contribution in [0.3, 0.4) is 0 Å². The van der Waals surface area contributed by atoms with Gasteiger partial charge >= 0.3 is 5.97 Å². The van der Waals surface area contributed by atoms with Gasteiger partial charge in [-0.3, -0.25) is 4.55 Å². The van der Waals surface area contributed by atoms with Crippen molar-refractivity contribution in [3.05, 3.63) is 69.2 Å². The number of ether oxygens (including phenoxy) is 1. The molecule has 2 heterocycles. The highest BCUT2D eigenvalue weighted by molar-refractivity contribution is 8.04. The zero-order valence-corrected chi connectivity index (χ0v) is 24.0. The van der Waals surface area contributed by atoms with Gasteiger partial charge in [0.1, 0.15) is 11.2 Å². The first-order chi connectivity index (χ1) is 17.6. The number of aryl methyl sites for hydroxylation is 1. The minimum atomic E-state index is -4.00. The first-order valence-corrected chi connectivity index (χ1v) is 15.7. The molecule has 1 aliphatic heterocycles. The van der Waals surface area contributed by atoms with Crippen LogP contribution in [0.5, 0.6) is 0 Å². The minimum Gasteiger partial charge on any atom is -0.465 e. The van der Waals surface area contributed by atoms with E-state index in [1.807, 2.05) is 12.1 Å². The third-order valence-electron chi connectivity index (χ3n) is 6.51. The van der Waals surface area contributed by atoms with Crippen LogP contribution in [0.1, 0.15) is 49.0 Å². The molecule has 1 aliphatic carbocycles. The number of hydrogen-bond donors (Lipinski definition) is 1. The molecule has 198 valence electrons. The Kier molecular flexibility index (Phi) is 8.63. The Labute approximate surface area is 226 Å². The van der Waals surface area contributed by atoms with E-state index in [-0.39, 0.29) is 23.0 Å². The SMILES string of the molecule is CCC(=Cc1sc2ccc(C(=O)OC)cc2[n+]1CC)C=C1SC2C=CC(C)=CC2N1CCCS(=O)(=O)O. The summed E-state index contributed by atoms with van der Waals surface area (Å²) in [6.07, 6.45) is 12.2. The molecule has 1 saturated heterocycles. The van der Waals surface area contributed by atoms with E-state index >= 15 is 0 Å². The number of hydrogen-bond acceptors (Lipinski definition) is 7. The van der Waals surface area contributed by atoms with Crippen molar-refractivity contribution in [3.63, 3.8) is 0 Å². The summed E-state index contributed by atoms with van der Waals surface area (Å²) in [5, 5.41) is 2.47. The van der Waals surface area contributed by atoms with Gasteiger partial charge in [0, 0.05) is 18.7 Å². The van der Waals surface area contributed by atoms with E-state index in [1.54, 1.807) is 29.2 Å². The molecular weight excluding hydrogens is 529 g/mol. The lowest BCUT2D eigenvalue weighted by atomic mass is 10.0. The second-order valence-corrected chi connectivity index (χ2v) is 12.9. The highest BCUT2D eigenvalue weighted by Gasteiger charge is 2.36. The lowest BCUT2D eigenvalue weighted by Crippen LogP contribution is -2.34. The highest BCUT2D eigenvalue weighted by Crippen LogP contribution is 2.43. The van der Waals surface area contributed by atoms with Crippen molar-refractivity contribution in [2.75, 3.05) is 19.4 Å². The number of thiazole rings is 1. The number of thioether (sulfide) groups is 1. The van der Waals surface area contributed by atoms with Crippen molar-refractivity contribution in [2.24, 2.45) is 0 Å². The van der Waals surface area contributed by atoms with Crippen molar-refractivity contribution in [1.29, 1.82) is 0 Å². The Morgan fingerprint density at radius 1 is 1.30 bits per heavy atom. The van der Waals surface area contributed by atoms with Gasteiger partial charge in [0.2, 0.25) is 5.52 Å². The molecule has 1 aromatic heterocycles. The highest BCUT2D eigenvalue weighted by atomic mass is 32.2. The smallest absolute Gasteiger partial charge is 0.338 e. The molecule has 0 saturated carbocycles. The molecule has 37 heavy (non-hydrogen) atoms. The predicted molar refractivity (Wildman–Crippen MR) is 151 cm³/mol. The summed E-state index contributed by atoms with van der Waals surface area (Å²) in [4.78, 5) is 14.3. The molecule has 0 spiro atoms. The zero-order valence-electron chi connectivity index (χ0n) is 21.5. The average Bonchev–Trinajstić information content (AvgIpc) is 3.38. The van der Waals surface area contributed by atoms with E-state index in [1.165, 1.54) is 12.7 Å². The van der Waals surface area contributed by atoms with Gasteiger partial charge in [0.05, 0.1) is 34.7 Å². The van der Waals surface area contributed by atoms with Gasteiger partial charge in [-0.25, -0.2) is 4.79 Å². The van der Waals surface area contributed by atoms with Crippen LogP contribution in [-0.4, -0.2) is 54.5 Å². The van der Waals surface area contributed by atoms with Gasteiger partial charge in [0.25, 0.3) is 15.1 Å². The average molecular weight is 562 g/mol. The van der Waals surface area contributed by atoms with Gasteiger partial charge in [-0.15, -0.1) is 0 Å². The molecule has 1 aromatic carbocycles. The lowest BCUT2D eigenvalue weighted by Gasteiger charge is -2.28. The summed E-state index contributed by atoms with van der Waals surface area (Å²) >= 11 is 3.47. The standard InChI is InChI=1S/C27H32N2O5S3/c1-5-19(15-25-28(6-2)22-17-20(27(30)34-4)9-11-24(22)35-25)16-26-29(12-7-13-37(31,32)33)21-14-18(3)8-10-23(21)36-26/h8-11,14-17,21,23H,5-7,12-13H2,1-4H3/p+1. The molecule has 2 atom stereocenters. The molecule has 1 N–H and O–H groups in total. The van der Waals surface area contributed by atoms with E-state index < -0.39 is 10.1 Å². The normalized spacial score (nSPS) is 21.0. The molecule has 0 bridgehead atoms. The summed E-state index contributed by atoms with van der Waals surface area (Å²) in [6.45, 7) is 7.60. The fourth-order valence-corrected chi connectivity index (χ4v) is 7.69. The van der Waals surface area contributed by atoms with E-state index in [4.69, 9.17) is 4.74 Å². The van der Waals surface area contributed by atoms with Gasteiger partial charge in [-0.05, 0) is 50.5 Å². The summed E-state index contributed by atoms with van der Waals surface area (Å²) in [7, 11) is -2.61. The third-order valence-corrected chi connectivity index (χ3v) is 9.73. The maximum atomic E-state index is 12.1. The van der Waals surface area contributed by atoms with Crippen LogP contribution < -0.4 is 4.57 Å². The number of fused-ring (bicyclic) bond motifs is 2. The topological polar surface area (TPSA) is 87.8 Å². The van der Waals surface area contributed by atoms with Crippen molar-refractivity contribution in [1.82, 2.24) is 4.90 Å². The van der Waals surface area contributed by atoms with E-state index in [0.29, 0.717) is 18.5 Å². The molecule has 0 radical (unpaired) electrons. The van der Waals surface area contributed by atoms with Crippen LogP contribution in [0.2, 0.25) is 0 Å². The van der Waals surface area contributed by atoms with Crippen LogP contribution in [0.4, 0.5) is 0 Å². The van der Waals surface area contributed by atoms with Crippen molar-refractivity contribution < 1.29 is 27.1 Å². The molecule has 4 rings (SSSR count). The fourth-order valence-electron chi connectivity index (χ4n) is 4.65. The van der Waals surface area contributed by atoms with Gasteiger partial charge in [0.15, 0.2) is 0 Å². The Morgan fingerprint density at radius 2 is 2.08 bits per heavy atom. The Bertz CT molecular complexity index is 1420. The maximum absolute atomic E-state index is 12.1. The van der Waals surface area contributed by atoms with Gasteiger partial charge in [-0.2, -0.15) is 13.0 Å².